The summed E-state index contributed by atoms with van der Waals surface area (Å²) in [6.07, 6.45) is 1.09. The molecule has 4 rings (SSSR count). The number of thiophene rings is 1. The molecule has 1 spiro atoms. The van der Waals surface area contributed by atoms with Crippen molar-refractivity contribution in [1.29, 1.82) is 0 Å². The van der Waals surface area contributed by atoms with Crippen LogP contribution in [0.2, 0.25) is 0 Å². The van der Waals surface area contributed by atoms with Gasteiger partial charge in [-0.3, -0.25) is 14.6 Å². The van der Waals surface area contributed by atoms with E-state index < -0.39 is 0 Å². The Balaban J connectivity index is 1.54. The molecule has 8 heteroatoms. The number of fused-ring (bicyclic) bond motifs is 1. The van der Waals surface area contributed by atoms with Crippen LogP contribution in [0.4, 0.5) is 0 Å². The van der Waals surface area contributed by atoms with Crippen LogP contribution in [-0.2, 0) is 19.6 Å². The number of carbonyl (C=O) groups excluding carboxylic acids is 1. The van der Waals surface area contributed by atoms with Crippen molar-refractivity contribution < 1.29 is 4.79 Å². The van der Waals surface area contributed by atoms with E-state index in [0.717, 1.165) is 45.0 Å². The zero-order valence-electron chi connectivity index (χ0n) is 16.5. The van der Waals surface area contributed by atoms with E-state index in [2.05, 4.69) is 49.2 Å². The van der Waals surface area contributed by atoms with Gasteiger partial charge in [0.15, 0.2) is 0 Å². The van der Waals surface area contributed by atoms with Gasteiger partial charge < -0.3 is 9.88 Å². The monoisotopic (exact) mass is 388 g/mol. The summed E-state index contributed by atoms with van der Waals surface area (Å²) >= 11 is 1.75. The Bertz CT molecular complexity index is 824. The molecule has 2 aromatic rings. The van der Waals surface area contributed by atoms with E-state index in [1.165, 1.54) is 5.56 Å². The maximum Gasteiger partial charge on any atom is 0.289 e. The number of carbonyl (C=O) groups is 1. The Morgan fingerprint density at radius 3 is 2.85 bits per heavy atom. The van der Waals surface area contributed by atoms with Gasteiger partial charge in [-0.15, -0.1) is 10.2 Å². The number of nitrogens with zero attached hydrogens (tertiary/aromatic N) is 5. The van der Waals surface area contributed by atoms with Crippen LogP contribution in [0, 0.1) is 0 Å². The van der Waals surface area contributed by atoms with Gasteiger partial charge >= 0.3 is 0 Å². The Labute approximate surface area is 164 Å². The third-order valence-electron chi connectivity index (χ3n) is 5.56. The van der Waals surface area contributed by atoms with E-state index in [9.17, 15) is 4.79 Å². The molecule has 1 fully saturated rings. The molecular weight excluding hydrogens is 360 g/mol. The summed E-state index contributed by atoms with van der Waals surface area (Å²) in [7, 11) is 2.17. The van der Waals surface area contributed by atoms with Crippen molar-refractivity contribution >= 4 is 17.2 Å². The zero-order chi connectivity index (χ0) is 19.2. The van der Waals surface area contributed by atoms with Gasteiger partial charge in [0.2, 0.25) is 5.82 Å². The van der Waals surface area contributed by atoms with Crippen LogP contribution in [0.3, 0.4) is 0 Å². The molecule has 2 aliphatic heterocycles. The number of hydrogen-bond donors (Lipinski definition) is 1. The van der Waals surface area contributed by atoms with E-state index in [0.29, 0.717) is 5.82 Å². The van der Waals surface area contributed by atoms with Gasteiger partial charge in [0.05, 0.1) is 12.1 Å². The molecule has 0 radical (unpaired) electrons. The zero-order valence-corrected chi connectivity index (χ0v) is 17.3. The van der Waals surface area contributed by atoms with Crippen LogP contribution in [0.15, 0.2) is 16.8 Å². The van der Waals surface area contributed by atoms with Gasteiger partial charge in [0.25, 0.3) is 5.91 Å². The van der Waals surface area contributed by atoms with Crippen LogP contribution in [0.1, 0.15) is 49.2 Å². The number of amides is 1. The normalized spacial score (nSPS) is 23.7. The van der Waals surface area contributed by atoms with E-state index in [-0.39, 0.29) is 17.0 Å². The minimum atomic E-state index is -0.294. The molecule has 1 amide bonds. The van der Waals surface area contributed by atoms with E-state index in [1.807, 2.05) is 25.3 Å². The molecule has 27 heavy (non-hydrogen) atoms. The number of rotatable bonds is 3. The van der Waals surface area contributed by atoms with Crippen molar-refractivity contribution in [1.82, 2.24) is 29.9 Å². The lowest BCUT2D eigenvalue weighted by Gasteiger charge is -2.43. The van der Waals surface area contributed by atoms with Crippen LogP contribution >= 0.6 is 11.3 Å². The van der Waals surface area contributed by atoms with Crippen LogP contribution < -0.4 is 5.32 Å². The van der Waals surface area contributed by atoms with Crippen molar-refractivity contribution in [2.75, 3.05) is 20.1 Å². The van der Waals surface area contributed by atoms with Crippen LogP contribution in [0.5, 0.6) is 0 Å². The second-order valence-corrected chi connectivity index (χ2v) is 9.68. The Hall–Kier alpha value is -1.77. The van der Waals surface area contributed by atoms with Gasteiger partial charge in [-0.2, -0.15) is 11.3 Å². The van der Waals surface area contributed by atoms with Crippen molar-refractivity contribution in [3.8, 4) is 0 Å². The molecule has 1 atom stereocenters. The third kappa shape index (κ3) is 3.66. The van der Waals surface area contributed by atoms with Gasteiger partial charge in [-0.25, -0.2) is 0 Å². The molecule has 2 aliphatic rings. The average Bonchev–Trinajstić information content (AvgIpc) is 3.28. The highest BCUT2D eigenvalue weighted by atomic mass is 32.1. The third-order valence-corrected chi connectivity index (χ3v) is 6.29. The average molecular weight is 389 g/mol. The topological polar surface area (TPSA) is 66.3 Å². The minimum absolute atomic E-state index is 0.0299. The first-order chi connectivity index (χ1) is 12.8. The lowest BCUT2D eigenvalue weighted by molar-refractivity contribution is 0.0645. The maximum absolute atomic E-state index is 12.7. The Morgan fingerprint density at radius 2 is 2.15 bits per heavy atom. The first kappa shape index (κ1) is 18.6. The summed E-state index contributed by atoms with van der Waals surface area (Å²) in [5.74, 6) is 1.16. The van der Waals surface area contributed by atoms with Gasteiger partial charge in [0, 0.05) is 31.7 Å². The summed E-state index contributed by atoms with van der Waals surface area (Å²) < 4.78 is 2.04. The van der Waals surface area contributed by atoms with E-state index >= 15 is 0 Å². The standard InChI is InChI=1S/C19H28N6OS/c1-18(2,3)20-17(26)16-22-21-15-10-23(4)19(13-25(15)16)6-7-24(12-19)9-14-5-8-27-11-14/h5,8,11H,6-7,9-10,12-13H2,1-4H3,(H,20,26)/t19-/m1/s1. The molecule has 7 nitrogen and oxygen atoms in total. The largest absolute Gasteiger partial charge is 0.345 e. The quantitative estimate of drug-likeness (QED) is 0.871. The summed E-state index contributed by atoms with van der Waals surface area (Å²) in [5, 5.41) is 15.9. The second kappa shape index (κ2) is 6.68. The lowest BCUT2D eigenvalue weighted by Crippen LogP contribution is -2.55. The summed E-state index contributed by atoms with van der Waals surface area (Å²) in [6, 6.07) is 2.20. The highest BCUT2D eigenvalue weighted by Gasteiger charge is 2.46. The van der Waals surface area contributed by atoms with Crippen molar-refractivity contribution in [3.05, 3.63) is 34.0 Å². The van der Waals surface area contributed by atoms with Crippen molar-refractivity contribution in [2.24, 2.45) is 0 Å². The number of likely N-dealkylation sites (tertiary alicyclic amines) is 1. The molecule has 0 aliphatic carbocycles. The molecular formula is C19H28N6OS. The van der Waals surface area contributed by atoms with Crippen LogP contribution in [-0.4, -0.2) is 61.7 Å². The molecule has 4 heterocycles. The molecule has 2 aromatic heterocycles. The number of aromatic nitrogens is 3. The first-order valence-corrected chi connectivity index (χ1v) is 10.4. The molecule has 0 unspecified atom stereocenters. The fourth-order valence-electron chi connectivity index (χ4n) is 4.13. The van der Waals surface area contributed by atoms with E-state index in [4.69, 9.17) is 0 Å². The predicted octanol–water partition coefficient (Wildman–Crippen LogP) is 1.96. The predicted molar refractivity (Wildman–Crippen MR) is 106 cm³/mol. The highest BCUT2D eigenvalue weighted by Crippen LogP contribution is 2.34. The van der Waals surface area contributed by atoms with Crippen molar-refractivity contribution in [3.63, 3.8) is 0 Å². The first-order valence-electron chi connectivity index (χ1n) is 9.45. The number of hydrogen-bond acceptors (Lipinski definition) is 6. The SMILES string of the molecule is CN1Cc2nnc(C(=O)NC(C)(C)C)n2C[C@]12CCN(Cc1ccsc1)C2. The molecule has 0 saturated carbocycles. The summed E-state index contributed by atoms with van der Waals surface area (Å²) in [6.45, 7) is 10.5. The second-order valence-electron chi connectivity index (χ2n) is 8.90. The smallest absolute Gasteiger partial charge is 0.289 e. The van der Waals surface area contributed by atoms with Crippen molar-refractivity contribution in [2.45, 2.75) is 57.9 Å². The Kier molecular flexibility index (Phi) is 4.60. The fourth-order valence-corrected chi connectivity index (χ4v) is 4.79. The number of likely N-dealkylation sites (N-methyl/N-ethyl adjacent to an activating group) is 1. The van der Waals surface area contributed by atoms with Gasteiger partial charge in [0.1, 0.15) is 5.82 Å². The minimum Gasteiger partial charge on any atom is -0.345 e. The molecule has 0 aromatic carbocycles. The van der Waals surface area contributed by atoms with Crippen LogP contribution in [0.25, 0.3) is 0 Å². The summed E-state index contributed by atoms with van der Waals surface area (Å²) in [5.41, 5.74) is 1.12. The molecule has 1 saturated heterocycles. The lowest BCUT2D eigenvalue weighted by atomic mass is 9.94. The molecule has 0 bridgehead atoms. The van der Waals surface area contributed by atoms with E-state index in [1.54, 1.807) is 11.3 Å². The summed E-state index contributed by atoms with van der Waals surface area (Å²) in [4.78, 5) is 17.6. The van der Waals surface area contributed by atoms with Gasteiger partial charge in [-0.05, 0) is 56.6 Å². The molecule has 1 N–H and O–H groups in total. The fraction of sp³-hybridized carbons (Fsp3) is 0.632. The number of nitrogens with one attached hydrogen (secondary N) is 1. The van der Waals surface area contributed by atoms with Gasteiger partial charge in [-0.1, -0.05) is 0 Å². The molecule has 146 valence electrons. The Morgan fingerprint density at radius 1 is 1.33 bits per heavy atom. The highest BCUT2D eigenvalue weighted by molar-refractivity contribution is 7.07. The maximum atomic E-state index is 12.7.